The van der Waals surface area contributed by atoms with Crippen LogP contribution < -0.4 is 5.32 Å². The maximum Gasteiger partial charge on any atom is 0.255 e. The maximum absolute atomic E-state index is 13.4. The summed E-state index contributed by atoms with van der Waals surface area (Å²) in [6.45, 7) is 5.83. The van der Waals surface area contributed by atoms with Crippen molar-refractivity contribution in [3.05, 3.63) is 94.8 Å². The van der Waals surface area contributed by atoms with Gasteiger partial charge in [0, 0.05) is 57.8 Å². The molecule has 0 spiro atoms. The molecule has 1 atom stereocenters. The maximum atomic E-state index is 13.4. The molecule has 39 heavy (non-hydrogen) atoms. The number of hydrogen-bond donors (Lipinski definition) is 1. The van der Waals surface area contributed by atoms with Crippen LogP contribution in [0.5, 0.6) is 0 Å². The number of halogens is 1. The van der Waals surface area contributed by atoms with Crippen molar-refractivity contribution in [2.45, 2.75) is 38.5 Å². The van der Waals surface area contributed by atoms with Gasteiger partial charge in [-0.2, -0.15) is 0 Å². The second-order valence-corrected chi connectivity index (χ2v) is 10.6. The van der Waals surface area contributed by atoms with Crippen molar-refractivity contribution in [3.8, 4) is 11.1 Å². The Hall–Kier alpha value is -3.88. The minimum Gasteiger partial charge on any atom is -0.322 e. The summed E-state index contributed by atoms with van der Waals surface area (Å²) in [5.41, 5.74) is 6.14. The molecule has 7 nitrogen and oxygen atoms in total. The quantitative estimate of drug-likeness (QED) is 0.498. The minimum atomic E-state index is -0.590. The Morgan fingerprint density at radius 3 is 2.28 bits per heavy atom. The molecule has 3 aliphatic heterocycles. The number of piperidine rings is 1. The van der Waals surface area contributed by atoms with E-state index in [1.54, 1.807) is 4.90 Å². The number of imide groups is 1. The zero-order valence-corrected chi connectivity index (χ0v) is 21.7. The number of rotatable bonds is 6. The minimum absolute atomic E-state index is 0.138. The first-order chi connectivity index (χ1) is 18.9. The lowest BCUT2D eigenvalue weighted by Crippen LogP contribution is -2.52. The third kappa shape index (κ3) is 5.35. The Labute approximate surface area is 227 Å². The molecular weight excluding hydrogens is 495 g/mol. The van der Waals surface area contributed by atoms with Crippen molar-refractivity contribution < 1.29 is 18.8 Å². The van der Waals surface area contributed by atoms with Crippen LogP contribution in [0.3, 0.4) is 0 Å². The van der Waals surface area contributed by atoms with E-state index in [1.807, 2.05) is 30.3 Å². The van der Waals surface area contributed by atoms with E-state index in [4.69, 9.17) is 0 Å². The predicted molar refractivity (Wildman–Crippen MR) is 145 cm³/mol. The number of hydrogen-bond acceptors (Lipinski definition) is 5. The summed E-state index contributed by atoms with van der Waals surface area (Å²) in [5.74, 6) is -1.03. The van der Waals surface area contributed by atoms with Gasteiger partial charge in [-0.25, -0.2) is 4.39 Å². The van der Waals surface area contributed by atoms with Crippen LogP contribution in [0.4, 0.5) is 4.39 Å². The number of carbonyl (C=O) groups excluding carboxylic acids is 3. The number of amides is 3. The molecule has 1 N–H and O–H groups in total. The number of piperazine rings is 1. The summed E-state index contributed by atoms with van der Waals surface area (Å²) in [7, 11) is 0. The van der Waals surface area contributed by atoms with Gasteiger partial charge >= 0.3 is 0 Å². The Balaban J connectivity index is 1.06. The molecule has 3 heterocycles. The second kappa shape index (κ2) is 10.7. The fourth-order valence-corrected chi connectivity index (χ4v) is 5.90. The number of fused-ring (bicyclic) bond motifs is 1. The van der Waals surface area contributed by atoms with Gasteiger partial charge in [-0.15, -0.1) is 0 Å². The fourth-order valence-electron chi connectivity index (χ4n) is 5.90. The summed E-state index contributed by atoms with van der Waals surface area (Å²) < 4.78 is 13.4. The molecule has 2 saturated heterocycles. The Bertz CT molecular complexity index is 1420. The Kier molecular flexibility index (Phi) is 6.97. The monoisotopic (exact) mass is 526 g/mol. The van der Waals surface area contributed by atoms with Crippen LogP contribution in [0.25, 0.3) is 11.1 Å². The average molecular weight is 527 g/mol. The van der Waals surface area contributed by atoms with E-state index in [0.717, 1.165) is 61.5 Å². The van der Waals surface area contributed by atoms with Crippen molar-refractivity contribution in [1.82, 2.24) is 20.0 Å². The van der Waals surface area contributed by atoms with Gasteiger partial charge in [0.1, 0.15) is 11.9 Å². The Morgan fingerprint density at radius 2 is 1.54 bits per heavy atom. The van der Waals surface area contributed by atoms with Gasteiger partial charge in [-0.05, 0) is 52.4 Å². The van der Waals surface area contributed by atoms with E-state index >= 15 is 0 Å². The largest absolute Gasteiger partial charge is 0.322 e. The SMILES string of the molecule is O=C1CCC(N2Cc3cc(CN4CCN(Cc5ccccc5-c5ccc(F)cc5)CC4)ccc3C2=O)C(=O)N1. The van der Waals surface area contributed by atoms with Crippen LogP contribution in [0.1, 0.15) is 39.9 Å². The lowest BCUT2D eigenvalue weighted by atomic mass is 9.99. The molecule has 200 valence electrons. The molecule has 2 fully saturated rings. The van der Waals surface area contributed by atoms with E-state index in [0.29, 0.717) is 18.5 Å². The molecule has 0 saturated carbocycles. The highest BCUT2D eigenvalue weighted by molar-refractivity contribution is 6.05. The van der Waals surface area contributed by atoms with E-state index in [-0.39, 0.29) is 30.0 Å². The molecule has 3 amide bonds. The second-order valence-electron chi connectivity index (χ2n) is 10.6. The summed E-state index contributed by atoms with van der Waals surface area (Å²) in [5, 5.41) is 2.36. The number of carbonyl (C=O) groups is 3. The van der Waals surface area contributed by atoms with Gasteiger partial charge in [0.15, 0.2) is 0 Å². The summed E-state index contributed by atoms with van der Waals surface area (Å²) >= 11 is 0. The smallest absolute Gasteiger partial charge is 0.255 e. The van der Waals surface area contributed by atoms with E-state index in [1.165, 1.54) is 17.7 Å². The normalized spacial score (nSPS) is 20.3. The number of nitrogens with one attached hydrogen (secondary N) is 1. The van der Waals surface area contributed by atoms with Gasteiger partial charge in [0.2, 0.25) is 11.8 Å². The molecule has 3 aromatic rings. The first-order valence-electron chi connectivity index (χ1n) is 13.5. The zero-order chi connectivity index (χ0) is 26.9. The number of benzene rings is 3. The Morgan fingerprint density at radius 1 is 0.821 bits per heavy atom. The topological polar surface area (TPSA) is 73.0 Å². The lowest BCUT2D eigenvalue weighted by Gasteiger charge is -2.35. The molecule has 8 heteroatoms. The first kappa shape index (κ1) is 25.4. The predicted octanol–water partition coefficient (Wildman–Crippen LogP) is 3.57. The van der Waals surface area contributed by atoms with E-state index < -0.39 is 6.04 Å². The van der Waals surface area contributed by atoms with Crippen LogP contribution >= 0.6 is 0 Å². The average Bonchev–Trinajstić information content (AvgIpc) is 3.26. The zero-order valence-electron chi connectivity index (χ0n) is 21.7. The third-order valence-corrected chi connectivity index (χ3v) is 8.03. The van der Waals surface area contributed by atoms with E-state index in [9.17, 15) is 18.8 Å². The standard InChI is InChI=1S/C31H31FN4O3/c32-25-8-6-22(7-9-25)26-4-2-1-3-23(26)19-35-15-13-34(14-16-35)18-21-5-10-27-24(17-21)20-36(31(27)39)28-11-12-29(37)33-30(28)38/h1-10,17,28H,11-16,18-20H2,(H,33,37,38). The fraction of sp³-hybridized carbons (Fsp3) is 0.323. The summed E-state index contributed by atoms with van der Waals surface area (Å²) in [4.78, 5) is 43.3. The highest BCUT2D eigenvalue weighted by atomic mass is 19.1. The molecule has 1 unspecified atom stereocenters. The molecule has 3 aliphatic rings. The van der Waals surface area contributed by atoms with Gasteiger partial charge in [0.25, 0.3) is 5.91 Å². The highest BCUT2D eigenvalue weighted by Gasteiger charge is 2.39. The lowest BCUT2D eigenvalue weighted by molar-refractivity contribution is -0.136. The summed E-state index contributed by atoms with van der Waals surface area (Å²) in [6.07, 6.45) is 0.626. The van der Waals surface area contributed by atoms with Crippen molar-refractivity contribution in [2.24, 2.45) is 0 Å². The molecule has 6 rings (SSSR count). The van der Waals surface area contributed by atoms with Crippen LogP contribution in [-0.4, -0.2) is 64.6 Å². The van der Waals surface area contributed by atoms with Crippen LogP contribution in [-0.2, 0) is 29.2 Å². The van der Waals surface area contributed by atoms with Gasteiger partial charge in [-0.1, -0.05) is 48.5 Å². The molecular formula is C31H31FN4O3. The van der Waals surface area contributed by atoms with Crippen molar-refractivity contribution >= 4 is 17.7 Å². The van der Waals surface area contributed by atoms with Crippen LogP contribution in [0.15, 0.2) is 66.7 Å². The molecule has 0 aromatic heterocycles. The van der Waals surface area contributed by atoms with Gasteiger partial charge in [-0.3, -0.25) is 29.5 Å². The van der Waals surface area contributed by atoms with Crippen molar-refractivity contribution in [3.63, 3.8) is 0 Å². The van der Waals surface area contributed by atoms with Gasteiger partial charge in [0.05, 0.1) is 0 Å². The van der Waals surface area contributed by atoms with Crippen molar-refractivity contribution in [2.75, 3.05) is 26.2 Å². The molecule has 3 aromatic carbocycles. The molecule has 0 bridgehead atoms. The molecule has 0 radical (unpaired) electrons. The van der Waals surface area contributed by atoms with Gasteiger partial charge < -0.3 is 4.90 Å². The number of nitrogens with zero attached hydrogens (tertiary/aromatic N) is 3. The van der Waals surface area contributed by atoms with Crippen molar-refractivity contribution in [1.29, 1.82) is 0 Å². The third-order valence-electron chi connectivity index (χ3n) is 8.03. The molecule has 0 aliphatic carbocycles. The van der Waals surface area contributed by atoms with Crippen LogP contribution in [0.2, 0.25) is 0 Å². The summed E-state index contributed by atoms with van der Waals surface area (Å²) in [6, 6.07) is 20.4. The van der Waals surface area contributed by atoms with Crippen LogP contribution in [0, 0.1) is 5.82 Å². The first-order valence-corrected chi connectivity index (χ1v) is 13.5. The van der Waals surface area contributed by atoms with E-state index in [2.05, 4.69) is 39.4 Å². The highest BCUT2D eigenvalue weighted by Crippen LogP contribution is 2.29.